The normalized spacial score (nSPS) is 10.8. The number of nitrogens with zero attached hydrogens (tertiary/aromatic N) is 3. The molecule has 0 atom stereocenters. The Labute approximate surface area is 165 Å². The van der Waals surface area contributed by atoms with Gasteiger partial charge in [0.2, 0.25) is 5.91 Å². The van der Waals surface area contributed by atoms with Gasteiger partial charge in [0.25, 0.3) is 0 Å². The zero-order valence-corrected chi connectivity index (χ0v) is 16.5. The summed E-state index contributed by atoms with van der Waals surface area (Å²) in [7, 11) is 0. The average molecular weight is 407 g/mol. The molecule has 1 N–H and O–H groups in total. The minimum absolute atomic E-state index is 0.173. The molecule has 0 saturated carbocycles. The second kappa shape index (κ2) is 8.12. The maximum atomic E-state index is 12.3. The topological polar surface area (TPSA) is 59.8 Å². The van der Waals surface area contributed by atoms with Crippen LogP contribution in [0.4, 0.5) is 5.69 Å². The first-order valence-corrected chi connectivity index (χ1v) is 9.55. The Hall–Kier alpha value is -2.02. The molecule has 5 nitrogen and oxygen atoms in total. The van der Waals surface area contributed by atoms with Gasteiger partial charge in [-0.1, -0.05) is 53.2 Å². The van der Waals surface area contributed by atoms with E-state index >= 15 is 0 Å². The van der Waals surface area contributed by atoms with Gasteiger partial charge in [-0.25, -0.2) is 0 Å². The summed E-state index contributed by atoms with van der Waals surface area (Å²) in [4.78, 5) is 12.3. The van der Waals surface area contributed by atoms with Crippen molar-refractivity contribution in [3.63, 3.8) is 0 Å². The van der Waals surface area contributed by atoms with Crippen LogP contribution in [0.5, 0.6) is 0 Å². The van der Waals surface area contributed by atoms with Gasteiger partial charge < -0.3 is 5.32 Å². The van der Waals surface area contributed by atoms with Crippen molar-refractivity contribution in [2.45, 2.75) is 19.0 Å². The number of anilines is 1. The number of hydrogen-bond acceptors (Lipinski definition) is 4. The molecule has 3 rings (SSSR count). The van der Waals surface area contributed by atoms with E-state index in [4.69, 9.17) is 23.2 Å². The molecule has 0 aliphatic carbocycles. The van der Waals surface area contributed by atoms with Crippen molar-refractivity contribution in [1.29, 1.82) is 0 Å². The Morgan fingerprint density at radius 1 is 1.15 bits per heavy atom. The second-order valence-corrected chi connectivity index (χ2v) is 7.37. The molecule has 0 aliphatic heterocycles. The Morgan fingerprint density at radius 3 is 2.69 bits per heavy atom. The Balaban J connectivity index is 1.72. The molecular weight excluding hydrogens is 391 g/mol. The van der Waals surface area contributed by atoms with Gasteiger partial charge in [0, 0.05) is 5.69 Å². The Bertz CT molecular complexity index is 958. The molecule has 0 bridgehead atoms. The molecule has 0 saturated heterocycles. The van der Waals surface area contributed by atoms with Gasteiger partial charge in [-0.05, 0) is 43.7 Å². The molecular formula is C18H16Cl2N4OS. The van der Waals surface area contributed by atoms with Crippen LogP contribution in [0.3, 0.4) is 0 Å². The summed E-state index contributed by atoms with van der Waals surface area (Å²) in [6.45, 7) is 3.91. The predicted octanol–water partition coefficient (Wildman–Crippen LogP) is 4.92. The van der Waals surface area contributed by atoms with Gasteiger partial charge in [0.1, 0.15) is 5.82 Å². The van der Waals surface area contributed by atoms with E-state index < -0.39 is 0 Å². The number of nitrogens with one attached hydrogen (secondary N) is 1. The summed E-state index contributed by atoms with van der Waals surface area (Å²) in [6.07, 6.45) is 0. The fraction of sp³-hybridized carbons (Fsp3) is 0.167. The molecule has 0 spiro atoms. The average Bonchev–Trinajstić information content (AvgIpc) is 2.98. The summed E-state index contributed by atoms with van der Waals surface area (Å²) in [5.41, 5.74) is 2.59. The highest BCUT2D eigenvalue weighted by Gasteiger charge is 2.14. The third-order valence-corrected chi connectivity index (χ3v) is 5.36. The van der Waals surface area contributed by atoms with Gasteiger partial charge in [-0.2, -0.15) is 0 Å². The number of halogens is 2. The molecule has 134 valence electrons. The van der Waals surface area contributed by atoms with Gasteiger partial charge in [0.15, 0.2) is 5.16 Å². The quantitative estimate of drug-likeness (QED) is 0.610. The highest BCUT2D eigenvalue weighted by molar-refractivity contribution is 7.99. The molecule has 2 aromatic carbocycles. The van der Waals surface area contributed by atoms with Crippen LogP contribution in [0.15, 0.2) is 47.6 Å². The van der Waals surface area contributed by atoms with Gasteiger partial charge in [-0.15, -0.1) is 10.2 Å². The first-order valence-electron chi connectivity index (χ1n) is 7.81. The third kappa shape index (κ3) is 4.20. The number of amides is 1. The van der Waals surface area contributed by atoms with Gasteiger partial charge in [0.05, 0.1) is 21.5 Å². The van der Waals surface area contributed by atoms with Crippen LogP contribution in [-0.2, 0) is 4.79 Å². The lowest BCUT2D eigenvalue weighted by molar-refractivity contribution is -0.113. The van der Waals surface area contributed by atoms with Crippen molar-refractivity contribution in [1.82, 2.24) is 14.8 Å². The number of aryl methyl sites for hydroxylation is 2. The summed E-state index contributed by atoms with van der Waals surface area (Å²) in [6, 6.07) is 13.1. The molecule has 0 aliphatic rings. The first-order chi connectivity index (χ1) is 12.5. The highest BCUT2D eigenvalue weighted by atomic mass is 35.5. The van der Waals surface area contributed by atoms with Crippen LogP contribution in [0.2, 0.25) is 10.0 Å². The molecule has 0 radical (unpaired) electrons. The van der Waals surface area contributed by atoms with Crippen LogP contribution in [-0.4, -0.2) is 26.4 Å². The molecule has 1 heterocycles. The van der Waals surface area contributed by atoms with Crippen molar-refractivity contribution in [2.75, 3.05) is 11.1 Å². The molecule has 1 amide bonds. The fourth-order valence-corrected chi connectivity index (χ4v) is 3.56. The van der Waals surface area contributed by atoms with Crippen LogP contribution < -0.4 is 5.32 Å². The number of carbonyl (C=O) groups excluding carboxylic acids is 1. The minimum Gasteiger partial charge on any atom is -0.324 e. The minimum atomic E-state index is -0.199. The van der Waals surface area contributed by atoms with Gasteiger partial charge >= 0.3 is 0 Å². The molecule has 0 unspecified atom stereocenters. The van der Waals surface area contributed by atoms with E-state index in [0.717, 1.165) is 17.1 Å². The number of benzene rings is 2. The maximum absolute atomic E-state index is 12.3. The van der Waals surface area contributed by atoms with Crippen LogP contribution >= 0.6 is 35.0 Å². The highest BCUT2D eigenvalue weighted by Crippen LogP contribution is 2.30. The van der Waals surface area contributed by atoms with Crippen LogP contribution in [0, 0.1) is 13.8 Å². The number of hydrogen-bond donors (Lipinski definition) is 1. The maximum Gasteiger partial charge on any atom is 0.234 e. The Morgan fingerprint density at radius 2 is 1.92 bits per heavy atom. The van der Waals surface area contributed by atoms with E-state index in [1.54, 1.807) is 18.2 Å². The number of carbonyl (C=O) groups is 1. The zero-order valence-electron chi connectivity index (χ0n) is 14.2. The van der Waals surface area contributed by atoms with E-state index in [0.29, 0.717) is 20.9 Å². The monoisotopic (exact) mass is 406 g/mol. The van der Waals surface area contributed by atoms with Crippen LogP contribution in [0.1, 0.15) is 11.4 Å². The zero-order chi connectivity index (χ0) is 18.7. The lowest BCUT2D eigenvalue weighted by Gasteiger charge is -2.10. The second-order valence-electron chi connectivity index (χ2n) is 5.64. The van der Waals surface area contributed by atoms with E-state index in [2.05, 4.69) is 15.5 Å². The molecule has 26 heavy (non-hydrogen) atoms. The number of rotatable bonds is 5. The van der Waals surface area contributed by atoms with E-state index in [-0.39, 0.29) is 11.7 Å². The van der Waals surface area contributed by atoms with Gasteiger partial charge in [-0.3, -0.25) is 9.36 Å². The lowest BCUT2D eigenvalue weighted by atomic mass is 10.2. The lowest BCUT2D eigenvalue weighted by Crippen LogP contribution is -2.15. The predicted molar refractivity (Wildman–Crippen MR) is 107 cm³/mol. The molecule has 8 heteroatoms. The van der Waals surface area contributed by atoms with Crippen molar-refractivity contribution in [3.8, 4) is 5.69 Å². The smallest absolute Gasteiger partial charge is 0.234 e. The molecule has 0 fully saturated rings. The number of aromatic nitrogens is 3. The van der Waals surface area contributed by atoms with Crippen LogP contribution in [0.25, 0.3) is 5.69 Å². The van der Waals surface area contributed by atoms with E-state index in [1.165, 1.54) is 11.8 Å². The first kappa shape index (κ1) is 18.8. The van der Waals surface area contributed by atoms with E-state index in [1.807, 2.05) is 42.7 Å². The summed E-state index contributed by atoms with van der Waals surface area (Å²) < 4.78 is 1.93. The fourth-order valence-electron chi connectivity index (χ4n) is 2.42. The number of thioether (sulfide) groups is 1. The summed E-state index contributed by atoms with van der Waals surface area (Å²) >= 11 is 13.4. The standard InChI is InChI=1S/C18H16Cl2N4OS/c1-11-5-3-6-13(9-11)24-12(2)22-23-18(24)26-10-16(25)21-15-8-4-7-14(19)17(15)20/h3-9H,10H2,1-2H3,(H,21,25). The molecule has 3 aromatic rings. The van der Waals surface area contributed by atoms with E-state index in [9.17, 15) is 4.79 Å². The molecule has 1 aromatic heterocycles. The summed E-state index contributed by atoms with van der Waals surface area (Å²) in [5.74, 6) is 0.735. The van der Waals surface area contributed by atoms with Crippen molar-refractivity contribution < 1.29 is 4.79 Å². The largest absolute Gasteiger partial charge is 0.324 e. The third-order valence-electron chi connectivity index (χ3n) is 3.61. The SMILES string of the molecule is Cc1cccc(-n2c(C)nnc2SCC(=O)Nc2cccc(Cl)c2Cl)c1. The van der Waals surface area contributed by atoms with Crippen molar-refractivity contribution in [2.24, 2.45) is 0 Å². The van der Waals surface area contributed by atoms with Crippen molar-refractivity contribution >= 4 is 46.6 Å². The summed E-state index contributed by atoms with van der Waals surface area (Å²) in [5, 5.41) is 12.4. The van der Waals surface area contributed by atoms with Crippen molar-refractivity contribution in [3.05, 3.63) is 63.9 Å². The Kier molecular flexibility index (Phi) is 5.86.